The molecule has 0 atom stereocenters. The highest BCUT2D eigenvalue weighted by Crippen LogP contribution is 2.23. The summed E-state index contributed by atoms with van der Waals surface area (Å²) in [6, 6.07) is 0. The van der Waals surface area contributed by atoms with E-state index in [1.54, 1.807) is 0 Å². The lowest BCUT2D eigenvalue weighted by molar-refractivity contribution is 0.111. The molecule has 1 rings (SSSR count). The minimum absolute atomic E-state index is 0.113. The van der Waals surface area contributed by atoms with Crippen molar-refractivity contribution in [3.05, 3.63) is 17.8 Å². The molecule has 60 valence electrons. The molecule has 0 saturated heterocycles. The Labute approximate surface area is 66.8 Å². The van der Waals surface area contributed by atoms with E-state index >= 15 is 0 Å². The van der Waals surface area contributed by atoms with E-state index in [2.05, 4.69) is 4.98 Å². The number of hydrogen-bond acceptors (Lipinski definition) is 3. The van der Waals surface area contributed by atoms with Crippen molar-refractivity contribution in [1.82, 2.24) is 4.98 Å². The van der Waals surface area contributed by atoms with Crippen LogP contribution in [0.4, 0.5) is 0 Å². The van der Waals surface area contributed by atoms with Crippen LogP contribution in [-0.2, 0) is 5.41 Å². The maximum atomic E-state index is 10.7. The molecule has 0 aliphatic carbocycles. The Bertz CT molecular complexity index is 298. The number of nitrogens with zero attached hydrogens (tertiary/aromatic N) is 1. The maximum absolute atomic E-state index is 10.7. The van der Waals surface area contributed by atoms with E-state index in [4.69, 9.17) is 5.79 Å². The van der Waals surface area contributed by atoms with Crippen LogP contribution in [0.15, 0.2) is 10.8 Å². The second kappa shape index (κ2) is 2.49. The first-order chi connectivity index (χ1) is 5.43. The van der Waals surface area contributed by atoms with Crippen LogP contribution in [0.2, 0.25) is 0 Å². The quantitative estimate of drug-likeness (QED) is 0.579. The molecule has 0 bridgehead atoms. The van der Waals surface area contributed by atoms with Crippen LogP contribution >= 0.6 is 0 Å². The van der Waals surface area contributed by atoms with Gasteiger partial charge in [0.1, 0.15) is 12.8 Å². The summed E-state index contributed by atoms with van der Waals surface area (Å²) in [5, 5.41) is 0. The van der Waals surface area contributed by atoms with Crippen molar-refractivity contribution < 1.29 is 10.6 Å². The van der Waals surface area contributed by atoms with E-state index in [9.17, 15) is 4.79 Å². The van der Waals surface area contributed by atoms with Crippen molar-refractivity contribution in [3.63, 3.8) is 0 Å². The summed E-state index contributed by atoms with van der Waals surface area (Å²) in [5.41, 5.74) is -0.162. The number of aromatic nitrogens is 1. The minimum Gasteiger partial charge on any atom is -0.447 e. The summed E-state index contributed by atoms with van der Waals surface area (Å²) in [5.74, 6) is 0.475. The summed E-state index contributed by atoms with van der Waals surface area (Å²) in [4.78, 5) is 14.4. The van der Waals surface area contributed by atoms with Gasteiger partial charge in [-0.05, 0) is 0 Å². The lowest BCUT2D eigenvalue weighted by atomic mass is 9.92. The highest BCUT2D eigenvalue weighted by atomic mass is 16.3. The highest BCUT2D eigenvalue weighted by Gasteiger charge is 2.22. The molecule has 0 radical (unpaired) electrons. The molecule has 0 fully saturated rings. The molecular formula is C8H11NO2. The second-order valence-corrected chi connectivity index (χ2v) is 3.38. The number of hydrogen-bond donors (Lipinski definition) is 0. The Morgan fingerprint density at radius 3 is 2.73 bits per heavy atom. The molecule has 0 aliphatic rings. The predicted molar refractivity (Wildman–Crippen MR) is 40.6 cm³/mol. The molecule has 3 nitrogen and oxygen atoms in total. The molecule has 0 amide bonds. The van der Waals surface area contributed by atoms with Gasteiger partial charge in [0.15, 0.2) is 12.7 Å². The summed E-state index contributed by atoms with van der Waals surface area (Å²) < 4.78 is 11.9. The maximum Gasteiger partial charge on any atom is 0.181 e. The highest BCUT2D eigenvalue weighted by molar-refractivity contribution is 5.73. The number of carbonyl (C=O) groups excluding carboxylic acids is 1. The fraction of sp³-hybridized carbons (Fsp3) is 0.500. The van der Waals surface area contributed by atoms with Crippen molar-refractivity contribution in [3.8, 4) is 0 Å². The van der Waals surface area contributed by atoms with Crippen LogP contribution in [0.3, 0.4) is 0 Å². The average Bonchev–Trinajstić information content (AvgIpc) is 2.30. The number of carbonyl (C=O) groups is 1. The van der Waals surface area contributed by atoms with Gasteiger partial charge in [0.05, 0.1) is 0 Å². The zero-order chi connectivity index (χ0) is 9.35. The van der Waals surface area contributed by atoms with Crippen LogP contribution in [0.25, 0.3) is 0 Å². The van der Waals surface area contributed by atoms with Crippen LogP contribution in [0, 0.1) is 0 Å². The zero-order valence-electron chi connectivity index (χ0n) is 7.84. The largest absolute Gasteiger partial charge is 0.447 e. The molecule has 0 saturated carbocycles. The Hall–Kier alpha value is -1.12. The van der Waals surface area contributed by atoms with E-state index in [1.165, 1.54) is 6.39 Å². The van der Waals surface area contributed by atoms with Gasteiger partial charge in [-0.2, -0.15) is 0 Å². The van der Waals surface area contributed by atoms with Crippen molar-refractivity contribution in [2.75, 3.05) is 0 Å². The van der Waals surface area contributed by atoms with Crippen molar-refractivity contribution in [1.29, 1.82) is 0 Å². The van der Waals surface area contributed by atoms with Crippen molar-refractivity contribution >= 4 is 6.26 Å². The van der Waals surface area contributed by atoms with Crippen molar-refractivity contribution in [2.24, 2.45) is 0 Å². The van der Waals surface area contributed by atoms with Gasteiger partial charge < -0.3 is 4.42 Å². The molecule has 0 N–H and O–H groups in total. The van der Waals surface area contributed by atoms with E-state index in [-0.39, 0.29) is 11.1 Å². The number of oxazole rings is 1. The summed E-state index contributed by atoms with van der Waals surface area (Å²) in [6.45, 7) is 5.71. The third-order valence-electron chi connectivity index (χ3n) is 1.35. The van der Waals surface area contributed by atoms with Crippen LogP contribution in [-0.4, -0.2) is 11.2 Å². The number of rotatable bonds is 1. The van der Waals surface area contributed by atoms with Crippen LogP contribution in [0.5, 0.6) is 0 Å². The first-order valence-electron chi connectivity index (χ1n) is 3.88. The molecule has 1 aromatic rings. The van der Waals surface area contributed by atoms with Gasteiger partial charge in [-0.3, -0.25) is 4.79 Å². The van der Waals surface area contributed by atoms with Gasteiger partial charge in [-0.1, -0.05) is 20.8 Å². The minimum atomic E-state index is -0.798. The Kier molecular flexibility index (Phi) is 1.49. The molecule has 0 unspecified atom stereocenters. The van der Waals surface area contributed by atoms with E-state index in [0.29, 0.717) is 5.76 Å². The first-order valence-corrected chi connectivity index (χ1v) is 3.38. The van der Waals surface area contributed by atoms with E-state index in [1.807, 2.05) is 20.8 Å². The molecule has 0 aromatic carbocycles. The van der Waals surface area contributed by atoms with E-state index in [0.717, 1.165) is 0 Å². The smallest absolute Gasteiger partial charge is 0.181 e. The van der Waals surface area contributed by atoms with Gasteiger partial charge in [0, 0.05) is 5.41 Å². The summed E-state index contributed by atoms with van der Waals surface area (Å²) in [6.07, 6.45) is 0.399. The second-order valence-electron chi connectivity index (χ2n) is 3.38. The average molecular weight is 154 g/mol. The summed E-state index contributed by atoms with van der Waals surface area (Å²) in [7, 11) is 0. The fourth-order valence-corrected chi connectivity index (χ4v) is 0.851. The SMILES string of the molecule is [2H]C(=O)c1ncoc1C(C)(C)C. The van der Waals surface area contributed by atoms with Crippen LogP contribution in [0.1, 0.15) is 38.4 Å². The van der Waals surface area contributed by atoms with E-state index < -0.39 is 6.26 Å². The molecule has 0 aliphatic heterocycles. The third kappa shape index (κ3) is 1.48. The molecule has 11 heavy (non-hydrogen) atoms. The molecule has 1 heterocycles. The van der Waals surface area contributed by atoms with Crippen molar-refractivity contribution in [2.45, 2.75) is 26.2 Å². The fourth-order valence-electron chi connectivity index (χ4n) is 0.851. The molecule has 0 spiro atoms. The van der Waals surface area contributed by atoms with Gasteiger partial charge in [0.25, 0.3) is 0 Å². The van der Waals surface area contributed by atoms with Crippen LogP contribution < -0.4 is 0 Å². The van der Waals surface area contributed by atoms with Gasteiger partial charge >= 0.3 is 0 Å². The predicted octanol–water partition coefficient (Wildman–Crippen LogP) is 1.78. The topological polar surface area (TPSA) is 43.1 Å². The van der Waals surface area contributed by atoms with Gasteiger partial charge in [-0.15, -0.1) is 0 Å². The van der Waals surface area contributed by atoms with Gasteiger partial charge in [-0.25, -0.2) is 4.98 Å². The lowest BCUT2D eigenvalue weighted by Gasteiger charge is -2.13. The normalized spacial score (nSPS) is 12.8. The molecule has 3 heteroatoms. The Morgan fingerprint density at radius 1 is 1.73 bits per heavy atom. The lowest BCUT2D eigenvalue weighted by Crippen LogP contribution is -2.12. The monoisotopic (exact) mass is 154 g/mol. The number of aldehydes is 1. The summed E-state index contributed by atoms with van der Waals surface area (Å²) >= 11 is 0. The van der Waals surface area contributed by atoms with Gasteiger partial charge in [0.2, 0.25) is 0 Å². The Balaban J connectivity index is 3.17. The third-order valence-corrected chi connectivity index (χ3v) is 1.35. The standard InChI is InChI=1S/C8H11NO2/c1-8(2,3)7-6(4-10)9-5-11-7/h4-5H,1-3H3/i4D. The first kappa shape index (κ1) is 6.58. The zero-order valence-corrected chi connectivity index (χ0v) is 6.84. The Morgan fingerprint density at radius 2 is 2.36 bits per heavy atom. The molecular weight excluding hydrogens is 142 g/mol. The molecule has 1 aromatic heterocycles.